The van der Waals surface area contributed by atoms with Gasteiger partial charge in [-0.2, -0.15) is 0 Å². The third-order valence-electron chi connectivity index (χ3n) is 1.79. The molecule has 0 aromatic heterocycles. The van der Waals surface area contributed by atoms with Gasteiger partial charge in [0.2, 0.25) is 0 Å². The van der Waals surface area contributed by atoms with Crippen molar-refractivity contribution in [2.24, 2.45) is 0 Å². The van der Waals surface area contributed by atoms with Crippen LogP contribution in [0.4, 0.5) is 11.4 Å². The van der Waals surface area contributed by atoms with Gasteiger partial charge >= 0.3 is 0 Å². The average Bonchev–Trinajstić information content (AvgIpc) is 2.20. The summed E-state index contributed by atoms with van der Waals surface area (Å²) in [6.45, 7) is 1.83. The van der Waals surface area contributed by atoms with E-state index in [0.717, 1.165) is 5.69 Å². The minimum Gasteiger partial charge on any atom is -0.371 e. The van der Waals surface area contributed by atoms with E-state index in [4.69, 9.17) is 6.42 Å². The van der Waals surface area contributed by atoms with Gasteiger partial charge in [0, 0.05) is 22.3 Å². The SMILES string of the molecule is C#CC(C)Nc1ccc([N+](=O)[O-])cc1Br. The van der Waals surface area contributed by atoms with Crippen LogP contribution in [0.15, 0.2) is 22.7 Å². The number of benzene rings is 1. The predicted molar refractivity (Wildman–Crippen MR) is 62.7 cm³/mol. The number of nitrogens with zero attached hydrogens (tertiary/aromatic N) is 1. The molecule has 1 rings (SSSR count). The third-order valence-corrected chi connectivity index (χ3v) is 2.44. The highest BCUT2D eigenvalue weighted by Gasteiger charge is 2.09. The van der Waals surface area contributed by atoms with E-state index in [-0.39, 0.29) is 11.7 Å². The first kappa shape index (κ1) is 11.5. The fraction of sp³-hybridized carbons (Fsp3) is 0.200. The Morgan fingerprint density at radius 3 is 2.80 bits per heavy atom. The van der Waals surface area contributed by atoms with Gasteiger partial charge in [-0.05, 0) is 28.9 Å². The Kier molecular flexibility index (Phi) is 3.69. The second kappa shape index (κ2) is 4.80. The Hall–Kier alpha value is -1.54. The quantitative estimate of drug-likeness (QED) is 0.521. The van der Waals surface area contributed by atoms with Crippen LogP contribution in [0, 0.1) is 22.5 Å². The number of anilines is 1. The van der Waals surface area contributed by atoms with Crippen LogP contribution in [0.1, 0.15) is 6.92 Å². The van der Waals surface area contributed by atoms with E-state index in [2.05, 4.69) is 27.2 Å². The third kappa shape index (κ3) is 2.96. The number of hydrogen-bond donors (Lipinski definition) is 1. The van der Waals surface area contributed by atoms with E-state index in [1.54, 1.807) is 6.07 Å². The van der Waals surface area contributed by atoms with Gasteiger partial charge in [-0.1, -0.05) is 5.92 Å². The maximum absolute atomic E-state index is 10.5. The van der Waals surface area contributed by atoms with Crippen molar-refractivity contribution in [1.29, 1.82) is 0 Å². The molecule has 0 fully saturated rings. The van der Waals surface area contributed by atoms with Crippen molar-refractivity contribution in [1.82, 2.24) is 0 Å². The maximum atomic E-state index is 10.5. The first-order valence-corrected chi connectivity index (χ1v) is 5.00. The van der Waals surface area contributed by atoms with Crippen LogP contribution in [0.25, 0.3) is 0 Å². The van der Waals surface area contributed by atoms with Gasteiger partial charge in [-0.3, -0.25) is 10.1 Å². The molecule has 0 spiro atoms. The molecule has 1 atom stereocenters. The molecule has 0 radical (unpaired) electrons. The Labute approximate surface area is 96.0 Å². The number of hydrogen-bond acceptors (Lipinski definition) is 3. The highest BCUT2D eigenvalue weighted by atomic mass is 79.9. The van der Waals surface area contributed by atoms with Crippen molar-refractivity contribution in [3.63, 3.8) is 0 Å². The zero-order valence-electron chi connectivity index (χ0n) is 8.03. The van der Waals surface area contributed by atoms with Gasteiger partial charge in [0.25, 0.3) is 5.69 Å². The lowest BCUT2D eigenvalue weighted by atomic mass is 10.2. The summed E-state index contributed by atoms with van der Waals surface area (Å²) in [4.78, 5) is 10.0. The molecule has 0 amide bonds. The summed E-state index contributed by atoms with van der Waals surface area (Å²) in [7, 11) is 0. The van der Waals surface area contributed by atoms with Gasteiger partial charge in [-0.15, -0.1) is 6.42 Å². The van der Waals surface area contributed by atoms with E-state index in [1.807, 2.05) is 6.92 Å². The van der Waals surface area contributed by atoms with Crippen molar-refractivity contribution < 1.29 is 4.92 Å². The van der Waals surface area contributed by atoms with Crippen molar-refractivity contribution >= 4 is 27.3 Å². The van der Waals surface area contributed by atoms with Crippen LogP contribution in [0.2, 0.25) is 0 Å². The molecule has 0 saturated carbocycles. The molecule has 4 nitrogen and oxygen atoms in total. The minimum atomic E-state index is -0.445. The summed E-state index contributed by atoms with van der Waals surface area (Å²) in [5, 5.41) is 13.5. The van der Waals surface area contributed by atoms with Gasteiger partial charge in [0.1, 0.15) is 0 Å². The number of terminal acetylenes is 1. The summed E-state index contributed by atoms with van der Waals surface area (Å²) in [6.07, 6.45) is 5.21. The van der Waals surface area contributed by atoms with Gasteiger partial charge in [0.05, 0.1) is 11.0 Å². The second-order valence-electron chi connectivity index (χ2n) is 2.95. The van der Waals surface area contributed by atoms with E-state index >= 15 is 0 Å². The fourth-order valence-electron chi connectivity index (χ4n) is 1.01. The lowest BCUT2D eigenvalue weighted by Gasteiger charge is -2.10. The van der Waals surface area contributed by atoms with E-state index < -0.39 is 4.92 Å². The second-order valence-corrected chi connectivity index (χ2v) is 3.81. The van der Waals surface area contributed by atoms with Crippen molar-refractivity contribution in [2.75, 3.05) is 5.32 Å². The topological polar surface area (TPSA) is 55.2 Å². The van der Waals surface area contributed by atoms with Crippen LogP contribution in [0.3, 0.4) is 0 Å². The molecule has 1 N–H and O–H groups in total. The monoisotopic (exact) mass is 268 g/mol. The molecule has 78 valence electrons. The molecule has 0 bridgehead atoms. The van der Waals surface area contributed by atoms with Crippen molar-refractivity contribution in [3.05, 3.63) is 32.8 Å². The zero-order chi connectivity index (χ0) is 11.4. The number of nitrogens with one attached hydrogen (secondary N) is 1. The standard InChI is InChI=1S/C10H9BrN2O2/c1-3-7(2)12-10-5-4-8(13(14)15)6-9(10)11/h1,4-7,12H,2H3. The van der Waals surface area contributed by atoms with Crippen molar-refractivity contribution in [3.8, 4) is 12.3 Å². The summed E-state index contributed by atoms with van der Waals surface area (Å²) < 4.78 is 0.624. The average molecular weight is 269 g/mol. The zero-order valence-corrected chi connectivity index (χ0v) is 9.61. The molecule has 15 heavy (non-hydrogen) atoms. The highest BCUT2D eigenvalue weighted by molar-refractivity contribution is 9.10. The Morgan fingerprint density at radius 2 is 2.33 bits per heavy atom. The lowest BCUT2D eigenvalue weighted by molar-refractivity contribution is -0.384. The molecule has 0 saturated heterocycles. The minimum absolute atomic E-state index is 0.0424. The van der Waals surface area contributed by atoms with Crippen molar-refractivity contribution in [2.45, 2.75) is 13.0 Å². The van der Waals surface area contributed by atoms with Crippen LogP contribution < -0.4 is 5.32 Å². The molecule has 1 unspecified atom stereocenters. The lowest BCUT2D eigenvalue weighted by Crippen LogP contribution is -2.12. The predicted octanol–water partition coefficient (Wildman–Crippen LogP) is 2.79. The van der Waals surface area contributed by atoms with Gasteiger partial charge < -0.3 is 5.32 Å². The summed E-state index contributed by atoms with van der Waals surface area (Å²) >= 11 is 3.24. The smallest absolute Gasteiger partial charge is 0.270 e. The molecule has 1 aromatic rings. The fourth-order valence-corrected chi connectivity index (χ4v) is 1.49. The molecule has 1 aromatic carbocycles. The van der Waals surface area contributed by atoms with Gasteiger partial charge in [-0.25, -0.2) is 0 Å². The van der Waals surface area contributed by atoms with Crippen LogP contribution in [0.5, 0.6) is 0 Å². The summed E-state index contributed by atoms with van der Waals surface area (Å²) in [5.74, 6) is 2.51. The molecular weight excluding hydrogens is 260 g/mol. The van der Waals surface area contributed by atoms with Gasteiger partial charge in [0.15, 0.2) is 0 Å². The number of halogens is 1. The number of non-ortho nitro benzene ring substituents is 1. The molecule has 0 aliphatic rings. The summed E-state index contributed by atoms with van der Waals surface area (Å²) in [5.41, 5.74) is 0.784. The Balaban J connectivity index is 2.94. The molecular formula is C10H9BrN2O2. The first-order chi connectivity index (χ1) is 7.04. The van der Waals surface area contributed by atoms with E-state index in [9.17, 15) is 10.1 Å². The van der Waals surface area contributed by atoms with E-state index in [1.165, 1.54) is 12.1 Å². The first-order valence-electron chi connectivity index (χ1n) is 4.21. The summed E-state index contributed by atoms with van der Waals surface area (Å²) in [6, 6.07) is 4.36. The van der Waals surface area contributed by atoms with E-state index in [0.29, 0.717) is 4.47 Å². The number of nitro benzene ring substituents is 1. The number of nitro groups is 1. The highest BCUT2D eigenvalue weighted by Crippen LogP contribution is 2.27. The van der Waals surface area contributed by atoms with Crippen LogP contribution in [-0.4, -0.2) is 11.0 Å². The molecule has 0 aliphatic heterocycles. The number of rotatable bonds is 3. The molecule has 0 aliphatic carbocycles. The van der Waals surface area contributed by atoms with Crippen LogP contribution in [-0.2, 0) is 0 Å². The van der Waals surface area contributed by atoms with Crippen LogP contribution >= 0.6 is 15.9 Å². The largest absolute Gasteiger partial charge is 0.371 e. The molecule has 5 heteroatoms. The molecule has 0 heterocycles. The normalized spacial score (nSPS) is 11.5. The maximum Gasteiger partial charge on any atom is 0.270 e. The Morgan fingerprint density at radius 1 is 1.67 bits per heavy atom. The Bertz CT molecular complexity index is 426.